The molecule has 2 N–H and O–H groups in total. The number of primary amides is 1. The highest BCUT2D eigenvalue weighted by atomic mass is 19.4. The van der Waals surface area contributed by atoms with Gasteiger partial charge >= 0.3 is 6.18 Å². The van der Waals surface area contributed by atoms with E-state index in [1.54, 1.807) is 0 Å². The van der Waals surface area contributed by atoms with Crippen molar-refractivity contribution in [2.75, 3.05) is 13.6 Å². The van der Waals surface area contributed by atoms with Gasteiger partial charge in [0.15, 0.2) is 0 Å². The van der Waals surface area contributed by atoms with Crippen LogP contribution in [0.5, 0.6) is 0 Å². The number of amides is 2. The Balaban J connectivity index is 2.14. The normalized spacial score (nSPS) is 21.0. The molecule has 1 aromatic rings. The van der Waals surface area contributed by atoms with Crippen molar-refractivity contribution in [3.8, 4) is 0 Å². The molecule has 1 aliphatic rings. The molecule has 21 heavy (non-hydrogen) atoms. The summed E-state index contributed by atoms with van der Waals surface area (Å²) in [7, 11) is 1.41. The maximum Gasteiger partial charge on any atom is 0.416 e. The first kappa shape index (κ1) is 15.3. The predicted molar refractivity (Wildman–Crippen MR) is 69.1 cm³/mol. The van der Waals surface area contributed by atoms with Gasteiger partial charge in [-0.25, -0.2) is 0 Å². The number of benzene rings is 1. The molecule has 1 fully saturated rings. The number of carbonyl (C=O) groups excluding carboxylic acids is 2. The molecule has 0 aromatic heterocycles. The van der Waals surface area contributed by atoms with Crippen molar-refractivity contribution >= 4 is 11.8 Å². The summed E-state index contributed by atoms with van der Waals surface area (Å²) in [5.74, 6) is -1.97. The molecule has 2 amide bonds. The maximum atomic E-state index is 12.9. The standard InChI is InChI=1S/C14H15F3N2O2/c1-19(7-12(18)20)13(21)10-6-9(10)8-4-2-3-5-11(8)14(15,16)17/h2-5,9-10H,6-7H2,1H3,(H2,18,20). The van der Waals surface area contributed by atoms with Crippen LogP contribution in [0.4, 0.5) is 13.2 Å². The highest BCUT2D eigenvalue weighted by Gasteiger charge is 2.48. The monoisotopic (exact) mass is 300 g/mol. The lowest BCUT2D eigenvalue weighted by molar-refractivity contribution is -0.138. The number of hydrogen-bond donors (Lipinski definition) is 1. The van der Waals surface area contributed by atoms with E-state index in [4.69, 9.17) is 5.73 Å². The van der Waals surface area contributed by atoms with E-state index in [9.17, 15) is 22.8 Å². The van der Waals surface area contributed by atoms with E-state index in [1.165, 1.54) is 25.2 Å². The van der Waals surface area contributed by atoms with Crippen molar-refractivity contribution in [2.24, 2.45) is 11.7 Å². The van der Waals surface area contributed by atoms with E-state index in [-0.39, 0.29) is 18.0 Å². The molecule has 0 spiro atoms. The molecule has 7 heteroatoms. The second-order valence-corrected chi connectivity index (χ2v) is 5.19. The van der Waals surface area contributed by atoms with Crippen LogP contribution in [-0.2, 0) is 15.8 Å². The molecule has 1 aromatic carbocycles. The predicted octanol–water partition coefficient (Wildman–Crippen LogP) is 1.75. The third kappa shape index (κ3) is 3.34. The molecule has 0 aliphatic heterocycles. The SMILES string of the molecule is CN(CC(N)=O)C(=O)C1CC1c1ccccc1C(F)(F)F. The lowest BCUT2D eigenvalue weighted by atomic mass is 10.0. The molecule has 1 saturated carbocycles. The molecule has 0 saturated heterocycles. The molecule has 114 valence electrons. The molecule has 0 bridgehead atoms. The topological polar surface area (TPSA) is 63.4 Å². The van der Waals surface area contributed by atoms with Gasteiger partial charge in [-0.15, -0.1) is 0 Å². The zero-order valence-corrected chi connectivity index (χ0v) is 11.4. The lowest BCUT2D eigenvalue weighted by Crippen LogP contribution is -2.36. The Morgan fingerprint density at radius 2 is 1.95 bits per heavy atom. The van der Waals surface area contributed by atoms with Crippen LogP contribution in [0, 0.1) is 5.92 Å². The fraction of sp³-hybridized carbons (Fsp3) is 0.429. The molecule has 2 rings (SSSR count). The molecular weight excluding hydrogens is 285 g/mol. The summed E-state index contributed by atoms with van der Waals surface area (Å²) in [5.41, 5.74) is 4.43. The van der Waals surface area contributed by atoms with E-state index in [0.29, 0.717) is 6.42 Å². The van der Waals surface area contributed by atoms with Gasteiger partial charge in [0, 0.05) is 13.0 Å². The Hall–Kier alpha value is -2.05. The van der Waals surface area contributed by atoms with Crippen LogP contribution in [0.1, 0.15) is 23.5 Å². The van der Waals surface area contributed by atoms with Crippen molar-refractivity contribution in [1.29, 1.82) is 0 Å². The van der Waals surface area contributed by atoms with Gasteiger partial charge in [-0.2, -0.15) is 13.2 Å². The third-order valence-electron chi connectivity index (χ3n) is 3.54. The van der Waals surface area contributed by atoms with Crippen molar-refractivity contribution in [3.63, 3.8) is 0 Å². The van der Waals surface area contributed by atoms with Gasteiger partial charge in [-0.1, -0.05) is 18.2 Å². The number of hydrogen-bond acceptors (Lipinski definition) is 2. The van der Waals surface area contributed by atoms with Gasteiger partial charge in [0.2, 0.25) is 11.8 Å². The first-order valence-corrected chi connectivity index (χ1v) is 6.41. The third-order valence-corrected chi connectivity index (χ3v) is 3.54. The van der Waals surface area contributed by atoms with Crippen LogP contribution < -0.4 is 5.73 Å². The van der Waals surface area contributed by atoms with Crippen LogP contribution in [0.25, 0.3) is 0 Å². The Bertz CT molecular complexity index is 572. The van der Waals surface area contributed by atoms with Gasteiger partial charge in [-0.3, -0.25) is 9.59 Å². The average molecular weight is 300 g/mol. The van der Waals surface area contributed by atoms with Crippen LogP contribution >= 0.6 is 0 Å². The van der Waals surface area contributed by atoms with Gasteiger partial charge in [0.05, 0.1) is 12.1 Å². The minimum Gasteiger partial charge on any atom is -0.368 e. The molecule has 0 radical (unpaired) electrons. The highest BCUT2D eigenvalue weighted by Crippen LogP contribution is 2.51. The quantitative estimate of drug-likeness (QED) is 0.921. The maximum absolute atomic E-state index is 12.9. The lowest BCUT2D eigenvalue weighted by Gasteiger charge is -2.16. The molecule has 1 aliphatic carbocycles. The number of nitrogens with two attached hydrogens (primary N) is 1. The number of rotatable bonds is 4. The largest absolute Gasteiger partial charge is 0.416 e. The van der Waals surface area contributed by atoms with Crippen LogP contribution in [-0.4, -0.2) is 30.3 Å². The van der Waals surface area contributed by atoms with E-state index in [2.05, 4.69) is 0 Å². The second-order valence-electron chi connectivity index (χ2n) is 5.19. The second kappa shape index (κ2) is 5.38. The molecule has 2 unspecified atom stereocenters. The van der Waals surface area contributed by atoms with Crippen molar-refractivity contribution in [2.45, 2.75) is 18.5 Å². The number of alkyl halides is 3. The highest BCUT2D eigenvalue weighted by molar-refractivity contribution is 5.87. The minimum atomic E-state index is -4.44. The number of carbonyl (C=O) groups is 2. The van der Waals surface area contributed by atoms with E-state index >= 15 is 0 Å². The summed E-state index contributed by atoms with van der Waals surface area (Å²) in [5, 5.41) is 0. The summed E-state index contributed by atoms with van der Waals surface area (Å²) in [6.45, 7) is -0.233. The summed E-state index contributed by atoms with van der Waals surface area (Å²) in [6, 6.07) is 5.26. The average Bonchev–Trinajstić information content (AvgIpc) is 3.16. The van der Waals surface area contributed by atoms with Crippen LogP contribution in [0.2, 0.25) is 0 Å². The Kier molecular flexibility index (Phi) is 3.93. The zero-order valence-electron chi connectivity index (χ0n) is 11.4. The van der Waals surface area contributed by atoms with E-state index < -0.39 is 29.5 Å². The smallest absolute Gasteiger partial charge is 0.368 e. The number of likely N-dealkylation sites (N-methyl/N-ethyl adjacent to an activating group) is 1. The molecule has 4 nitrogen and oxygen atoms in total. The Labute approximate surface area is 119 Å². The number of nitrogens with zero attached hydrogens (tertiary/aromatic N) is 1. The van der Waals surface area contributed by atoms with Crippen molar-refractivity contribution < 1.29 is 22.8 Å². The van der Waals surface area contributed by atoms with Crippen molar-refractivity contribution in [3.05, 3.63) is 35.4 Å². The summed E-state index contributed by atoms with van der Waals surface area (Å²) in [4.78, 5) is 24.0. The van der Waals surface area contributed by atoms with Crippen LogP contribution in [0.3, 0.4) is 0 Å². The minimum absolute atomic E-state index is 0.135. The van der Waals surface area contributed by atoms with Crippen molar-refractivity contribution in [1.82, 2.24) is 4.90 Å². The van der Waals surface area contributed by atoms with Gasteiger partial charge in [0.1, 0.15) is 0 Å². The fourth-order valence-corrected chi connectivity index (χ4v) is 2.48. The Morgan fingerprint density at radius 1 is 1.33 bits per heavy atom. The first-order chi connectivity index (χ1) is 9.71. The summed E-state index contributed by atoms with van der Waals surface area (Å²) >= 11 is 0. The molecular formula is C14H15F3N2O2. The summed E-state index contributed by atoms with van der Waals surface area (Å²) in [6.07, 6.45) is -4.08. The number of halogens is 3. The molecule has 2 atom stereocenters. The van der Waals surface area contributed by atoms with Gasteiger partial charge in [-0.05, 0) is 24.0 Å². The zero-order chi connectivity index (χ0) is 15.8. The Morgan fingerprint density at radius 3 is 2.52 bits per heavy atom. The van der Waals surface area contributed by atoms with Gasteiger partial charge in [0.25, 0.3) is 0 Å². The van der Waals surface area contributed by atoms with E-state index in [1.807, 2.05) is 0 Å². The van der Waals surface area contributed by atoms with Gasteiger partial charge < -0.3 is 10.6 Å². The van der Waals surface area contributed by atoms with Crippen LogP contribution in [0.15, 0.2) is 24.3 Å². The van der Waals surface area contributed by atoms with E-state index in [0.717, 1.165) is 11.0 Å². The first-order valence-electron chi connectivity index (χ1n) is 6.41. The molecule has 0 heterocycles. The summed E-state index contributed by atoms with van der Waals surface area (Å²) < 4.78 is 38.8. The fourth-order valence-electron chi connectivity index (χ4n) is 2.48.